The highest BCUT2D eigenvalue weighted by atomic mass is 19.1. The molecule has 1 amide bonds. The van der Waals surface area contributed by atoms with Crippen LogP contribution in [-0.4, -0.2) is 21.1 Å². The summed E-state index contributed by atoms with van der Waals surface area (Å²) < 4.78 is 13.3. The summed E-state index contributed by atoms with van der Waals surface area (Å²) in [6, 6.07) is 4.52. The third kappa shape index (κ3) is 2.96. The van der Waals surface area contributed by atoms with Gasteiger partial charge in [-0.1, -0.05) is 13.0 Å². The number of nitrogens with one attached hydrogen (secondary N) is 2. The number of benzene rings is 1. The molecule has 0 saturated carbocycles. The number of nitrogens with zero attached hydrogens (tertiary/aromatic N) is 2. The minimum absolute atomic E-state index is 0.0621. The fourth-order valence-corrected chi connectivity index (χ4v) is 1.67. The molecule has 0 radical (unpaired) electrons. The molecule has 0 bridgehead atoms. The Bertz CT molecular complexity index is 594. The van der Waals surface area contributed by atoms with Gasteiger partial charge < -0.3 is 5.32 Å². The zero-order valence-corrected chi connectivity index (χ0v) is 10.8. The third-order valence-corrected chi connectivity index (χ3v) is 2.74. The Balaban J connectivity index is 2.14. The Labute approximate surface area is 110 Å². The fourth-order valence-electron chi connectivity index (χ4n) is 1.67. The van der Waals surface area contributed by atoms with E-state index in [1.807, 2.05) is 6.92 Å². The number of carbonyl (C=O) groups is 1. The van der Waals surface area contributed by atoms with Crippen LogP contribution in [-0.2, 0) is 6.42 Å². The Kier molecular flexibility index (Phi) is 3.89. The van der Waals surface area contributed by atoms with Gasteiger partial charge in [-0.05, 0) is 25.5 Å². The quantitative estimate of drug-likeness (QED) is 0.889. The van der Waals surface area contributed by atoms with E-state index < -0.39 is 5.91 Å². The molecule has 0 aliphatic carbocycles. The normalized spacial score (nSPS) is 10.5. The van der Waals surface area contributed by atoms with Crippen molar-refractivity contribution >= 4 is 11.6 Å². The number of carbonyl (C=O) groups excluding carboxylic acids is 1. The van der Waals surface area contributed by atoms with Crippen LogP contribution in [0.25, 0.3) is 0 Å². The number of aromatic amines is 1. The molecule has 2 aromatic rings. The maximum atomic E-state index is 13.3. The summed E-state index contributed by atoms with van der Waals surface area (Å²) in [4.78, 5) is 16.0. The first kappa shape index (κ1) is 13.2. The molecule has 19 heavy (non-hydrogen) atoms. The van der Waals surface area contributed by atoms with Crippen molar-refractivity contribution in [3.63, 3.8) is 0 Å². The van der Waals surface area contributed by atoms with Crippen LogP contribution in [0.4, 0.5) is 10.1 Å². The number of aromatic nitrogens is 3. The highest BCUT2D eigenvalue weighted by Crippen LogP contribution is 2.17. The number of hydrogen-bond donors (Lipinski definition) is 2. The molecule has 0 fully saturated rings. The summed E-state index contributed by atoms with van der Waals surface area (Å²) >= 11 is 0. The fraction of sp³-hybridized carbons (Fsp3) is 0.308. The van der Waals surface area contributed by atoms with E-state index in [1.54, 1.807) is 19.1 Å². The Morgan fingerprint density at radius 1 is 1.47 bits per heavy atom. The maximum absolute atomic E-state index is 13.3. The lowest BCUT2D eigenvalue weighted by atomic mass is 10.2. The first-order chi connectivity index (χ1) is 9.11. The van der Waals surface area contributed by atoms with Gasteiger partial charge in [-0.2, -0.15) is 0 Å². The molecule has 2 rings (SSSR count). The average molecular weight is 262 g/mol. The number of aryl methyl sites for hydroxylation is 1. The van der Waals surface area contributed by atoms with Gasteiger partial charge >= 0.3 is 0 Å². The SMILES string of the molecule is CCCc1nc(C(=O)Nc2cccc(F)c2C)n[nH]1. The molecule has 1 aromatic heterocycles. The number of rotatable bonds is 4. The summed E-state index contributed by atoms with van der Waals surface area (Å²) in [6.07, 6.45) is 1.65. The van der Waals surface area contributed by atoms with E-state index in [-0.39, 0.29) is 11.6 Å². The van der Waals surface area contributed by atoms with Gasteiger partial charge in [0, 0.05) is 17.7 Å². The molecule has 1 heterocycles. The van der Waals surface area contributed by atoms with Crippen molar-refractivity contribution in [1.82, 2.24) is 15.2 Å². The Morgan fingerprint density at radius 2 is 2.26 bits per heavy atom. The molecule has 0 atom stereocenters. The van der Waals surface area contributed by atoms with Crippen LogP contribution in [0.3, 0.4) is 0 Å². The lowest BCUT2D eigenvalue weighted by Crippen LogP contribution is -2.15. The topological polar surface area (TPSA) is 70.7 Å². The zero-order chi connectivity index (χ0) is 13.8. The maximum Gasteiger partial charge on any atom is 0.295 e. The predicted octanol–water partition coefficient (Wildman–Crippen LogP) is 2.46. The average Bonchev–Trinajstić information content (AvgIpc) is 2.84. The molecule has 2 N–H and O–H groups in total. The van der Waals surface area contributed by atoms with E-state index >= 15 is 0 Å². The molecule has 0 aliphatic heterocycles. The molecule has 0 aliphatic rings. The monoisotopic (exact) mass is 262 g/mol. The molecule has 5 nitrogen and oxygen atoms in total. The van der Waals surface area contributed by atoms with Crippen molar-refractivity contribution in [2.75, 3.05) is 5.32 Å². The standard InChI is InChI=1S/C13H15FN4O/c1-3-5-11-16-12(18-17-11)13(19)15-10-7-4-6-9(14)8(10)2/h4,6-7H,3,5H2,1-2H3,(H,15,19)(H,16,17,18). The van der Waals surface area contributed by atoms with Crippen molar-refractivity contribution in [2.24, 2.45) is 0 Å². The first-order valence-corrected chi connectivity index (χ1v) is 6.09. The van der Waals surface area contributed by atoms with Crippen LogP contribution in [0, 0.1) is 12.7 Å². The van der Waals surface area contributed by atoms with E-state index in [2.05, 4.69) is 20.5 Å². The molecule has 0 saturated heterocycles. The minimum atomic E-state index is -0.452. The van der Waals surface area contributed by atoms with Crippen LogP contribution in [0.15, 0.2) is 18.2 Å². The van der Waals surface area contributed by atoms with E-state index in [0.717, 1.165) is 12.8 Å². The minimum Gasteiger partial charge on any atom is -0.319 e. The molecular formula is C13H15FN4O. The van der Waals surface area contributed by atoms with Crippen molar-refractivity contribution < 1.29 is 9.18 Å². The van der Waals surface area contributed by atoms with E-state index in [1.165, 1.54) is 6.07 Å². The van der Waals surface area contributed by atoms with Crippen molar-refractivity contribution in [2.45, 2.75) is 26.7 Å². The van der Waals surface area contributed by atoms with E-state index in [9.17, 15) is 9.18 Å². The summed E-state index contributed by atoms with van der Waals surface area (Å²) in [6.45, 7) is 3.61. The second-order valence-electron chi connectivity index (χ2n) is 4.22. The van der Waals surface area contributed by atoms with Gasteiger partial charge in [-0.25, -0.2) is 9.37 Å². The molecular weight excluding hydrogens is 247 g/mol. The van der Waals surface area contributed by atoms with E-state index in [4.69, 9.17) is 0 Å². The van der Waals surface area contributed by atoms with Crippen LogP contribution < -0.4 is 5.32 Å². The lowest BCUT2D eigenvalue weighted by molar-refractivity contribution is 0.101. The first-order valence-electron chi connectivity index (χ1n) is 6.09. The second kappa shape index (κ2) is 5.60. The molecule has 6 heteroatoms. The van der Waals surface area contributed by atoms with Gasteiger partial charge in [-0.15, -0.1) is 5.10 Å². The summed E-state index contributed by atoms with van der Waals surface area (Å²) in [5, 5.41) is 9.14. The van der Waals surface area contributed by atoms with Gasteiger partial charge in [0.15, 0.2) is 0 Å². The number of amides is 1. The van der Waals surface area contributed by atoms with Crippen molar-refractivity contribution in [3.8, 4) is 0 Å². The summed E-state index contributed by atoms with van der Waals surface area (Å²) in [5.74, 6) is -0.0810. The van der Waals surface area contributed by atoms with E-state index in [0.29, 0.717) is 17.1 Å². The molecule has 0 unspecified atom stereocenters. The Morgan fingerprint density at radius 3 is 3.00 bits per heavy atom. The molecule has 0 spiro atoms. The lowest BCUT2D eigenvalue weighted by Gasteiger charge is -2.06. The van der Waals surface area contributed by atoms with Gasteiger partial charge in [0.05, 0.1) is 0 Å². The highest BCUT2D eigenvalue weighted by Gasteiger charge is 2.14. The Hall–Kier alpha value is -2.24. The molecule has 100 valence electrons. The van der Waals surface area contributed by atoms with Crippen LogP contribution in [0.2, 0.25) is 0 Å². The number of hydrogen-bond acceptors (Lipinski definition) is 3. The van der Waals surface area contributed by atoms with Gasteiger partial charge in [-0.3, -0.25) is 9.89 Å². The van der Waals surface area contributed by atoms with Gasteiger partial charge in [0.1, 0.15) is 11.6 Å². The predicted molar refractivity (Wildman–Crippen MR) is 69.5 cm³/mol. The number of anilines is 1. The van der Waals surface area contributed by atoms with Crippen LogP contribution in [0.1, 0.15) is 35.4 Å². The largest absolute Gasteiger partial charge is 0.319 e. The molecule has 1 aromatic carbocycles. The highest BCUT2D eigenvalue weighted by molar-refractivity contribution is 6.01. The summed E-state index contributed by atoms with van der Waals surface area (Å²) in [7, 11) is 0. The third-order valence-electron chi connectivity index (χ3n) is 2.74. The second-order valence-corrected chi connectivity index (χ2v) is 4.22. The zero-order valence-electron chi connectivity index (χ0n) is 10.8. The number of H-pyrrole nitrogens is 1. The smallest absolute Gasteiger partial charge is 0.295 e. The van der Waals surface area contributed by atoms with Gasteiger partial charge in [0.25, 0.3) is 5.91 Å². The van der Waals surface area contributed by atoms with Crippen LogP contribution >= 0.6 is 0 Å². The van der Waals surface area contributed by atoms with Crippen LogP contribution in [0.5, 0.6) is 0 Å². The van der Waals surface area contributed by atoms with Crippen molar-refractivity contribution in [1.29, 1.82) is 0 Å². The van der Waals surface area contributed by atoms with Gasteiger partial charge in [0.2, 0.25) is 5.82 Å². The summed E-state index contributed by atoms with van der Waals surface area (Å²) in [5.41, 5.74) is 0.812. The van der Waals surface area contributed by atoms with Crippen molar-refractivity contribution in [3.05, 3.63) is 41.2 Å². The number of halogens is 1.